The maximum absolute atomic E-state index is 6.26. The molecule has 0 spiro atoms. The predicted octanol–water partition coefficient (Wildman–Crippen LogP) is 6.13. The summed E-state index contributed by atoms with van der Waals surface area (Å²) in [6.45, 7) is 0.0838. The lowest BCUT2D eigenvalue weighted by atomic mass is 10.5. The molecule has 16 heavy (non-hydrogen) atoms. The Kier molecular flexibility index (Phi) is 9.14. The van der Waals surface area contributed by atoms with E-state index in [9.17, 15) is 0 Å². The van der Waals surface area contributed by atoms with Crippen molar-refractivity contribution in [1.29, 1.82) is 0 Å². The quantitative estimate of drug-likeness (QED) is 0.369. The van der Waals surface area contributed by atoms with Crippen molar-refractivity contribution in [3.63, 3.8) is 0 Å². The second-order valence-electron chi connectivity index (χ2n) is 4.06. The second-order valence-corrected chi connectivity index (χ2v) is 18.7. The number of hydrogen-bond acceptors (Lipinski definition) is 0. The highest BCUT2D eigenvalue weighted by atomic mass is 35.7. The molecular weight excluding hydrogens is 318 g/mol. The van der Waals surface area contributed by atoms with Gasteiger partial charge in [-0.05, 0) is 24.6 Å². The summed E-state index contributed by atoms with van der Waals surface area (Å²) in [7, 11) is 0. The molecule has 0 rings (SSSR count). The van der Waals surface area contributed by atoms with Gasteiger partial charge in [0.05, 0.1) is 0 Å². The molecule has 0 aromatic carbocycles. The van der Waals surface area contributed by atoms with Gasteiger partial charge >= 0.3 is 0 Å². The third-order valence-electron chi connectivity index (χ3n) is 2.24. The average Bonchev–Trinajstić information content (AvgIpc) is 2.12. The minimum atomic E-state index is -2.13. The predicted molar refractivity (Wildman–Crippen MR) is 83.7 cm³/mol. The lowest BCUT2D eigenvalue weighted by molar-refractivity contribution is 1.04. The zero-order valence-corrected chi connectivity index (χ0v) is 14.9. The van der Waals surface area contributed by atoms with Gasteiger partial charge in [-0.25, -0.2) is 0 Å². The monoisotopic (exact) mass is 336 g/mol. The highest BCUT2D eigenvalue weighted by Gasteiger charge is 2.26. The van der Waals surface area contributed by atoms with Crippen molar-refractivity contribution in [3.05, 3.63) is 11.8 Å². The van der Waals surface area contributed by atoms with Gasteiger partial charge in [-0.1, -0.05) is 38.5 Å². The first kappa shape index (κ1) is 17.3. The summed E-state index contributed by atoms with van der Waals surface area (Å²) in [5.41, 5.74) is 1.99. The highest BCUT2D eigenvalue weighted by Crippen LogP contribution is 2.29. The smallest absolute Gasteiger partial charge is 0.146 e. The summed E-state index contributed by atoms with van der Waals surface area (Å²) in [5, 5.41) is 0. The molecule has 0 saturated heterocycles. The van der Waals surface area contributed by atoms with E-state index in [0.717, 1.165) is 37.4 Å². The Morgan fingerprint density at radius 1 is 0.875 bits per heavy atom. The SMILES string of the molecule is CCC[Si](Cl)(Cl)/C=C/CC[Si](Cl)(Cl)CCC. The molecule has 0 nitrogen and oxygen atoms in total. The van der Waals surface area contributed by atoms with Crippen LogP contribution in [-0.2, 0) is 0 Å². The maximum atomic E-state index is 6.26. The van der Waals surface area contributed by atoms with Crippen LogP contribution in [-0.4, -0.2) is 13.4 Å². The van der Waals surface area contributed by atoms with E-state index in [4.69, 9.17) is 44.3 Å². The summed E-state index contributed by atoms with van der Waals surface area (Å²) in [6, 6.07) is 2.76. The number of hydrogen-bond donors (Lipinski definition) is 0. The van der Waals surface area contributed by atoms with Crippen molar-refractivity contribution in [1.82, 2.24) is 0 Å². The normalized spacial score (nSPS) is 13.6. The summed E-state index contributed by atoms with van der Waals surface area (Å²) in [6.07, 6.45) is 5.05. The van der Waals surface area contributed by atoms with E-state index in [1.807, 2.05) is 5.70 Å². The molecule has 6 heteroatoms. The Morgan fingerprint density at radius 2 is 1.44 bits per heavy atom. The lowest BCUT2D eigenvalue weighted by Gasteiger charge is -2.14. The fourth-order valence-corrected chi connectivity index (χ4v) is 7.83. The molecule has 0 atom stereocenters. The molecule has 0 aliphatic heterocycles. The highest BCUT2D eigenvalue weighted by molar-refractivity contribution is 7.47. The van der Waals surface area contributed by atoms with E-state index in [-0.39, 0.29) is 0 Å². The van der Waals surface area contributed by atoms with Crippen molar-refractivity contribution >= 4 is 57.7 Å². The molecule has 0 aliphatic rings. The maximum Gasteiger partial charge on any atom is 0.273 e. The van der Waals surface area contributed by atoms with Crippen LogP contribution in [0.3, 0.4) is 0 Å². The van der Waals surface area contributed by atoms with Gasteiger partial charge in [-0.3, -0.25) is 0 Å². The summed E-state index contributed by atoms with van der Waals surface area (Å²) in [4.78, 5) is 0. The summed E-state index contributed by atoms with van der Waals surface area (Å²) in [5.74, 6) is 0. The molecule has 0 aliphatic carbocycles. The molecule has 0 aromatic rings. The molecule has 0 fully saturated rings. The fraction of sp³-hybridized carbons (Fsp3) is 0.800. The van der Waals surface area contributed by atoms with Gasteiger partial charge < -0.3 is 0 Å². The van der Waals surface area contributed by atoms with Crippen LogP contribution in [0, 0.1) is 0 Å². The van der Waals surface area contributed by atoms with E-state index in [2.05, 4.69) is 19.9 Å². The number of halogens is 4. The fourth-order valence-electron chi connectivity index (χ4n) is 1.46. The van der Waals surface area contributed by atoms with Crippen molar-refractivity contribution in [2.45, 2.75) is 51.2 Å². The summed E-state index contributed by atoms with van der Waals surface area (Å²) >= 11 is 24.9. The second kappa shape index (κ2) is 8.44. The first-order chi connectivity index (χ1) is 7.33. The van der Waals surface area contributed by atoms with E-state index in [0.29, 0.717) is 0 Å². The largest absolute Gasteiger partial charge is 0.273 e. The molecule has 0 heterocycles. The van der Waals surface area contributed by atoms with E-state index >= 15 is 0 Å². The Hall–Kier alpha value is 1.33. The van der Waals surface area contributed by atoms with Gasteiger partial charge in [-0.2, -0.15) is 0 Å². The number of rotatable bonds is 8. The Morgan fingerprint density at radius 3 is 1.94 bits per heavy atom. The van der Waals surface area contributed by atoms with E-state index in [1.54, 1.807) is 0 Å². The first-order valence-electron chi connectivity index (χ1n) is 5.76. The minimum absolute atomic E-state index is 0.894. The lowest BCUT2D eigenvalue weighted by Crippen LogP contribution is -2.18. The minimum Gasteiger partial charge on any atom is -0.146 e. The zero-order chi connectivity index (χ0) is 12.7. The van der Waals surface area contributed by atoms with Gasteiger partial charge in [0, 0.05) is 0 Å². The van der Waals surface area contributed by atoms with E-state index in [1.165, 1.54) is 0 Å². The van der Waals surface area contributed by atoms with Crippen LogP contribution >= 0.6 is 44.3 Å². The van der Waals surface area contributed by atoms with Crippen LogP contribution in [0.2, 0.25) is 18.1 Å². The van der Waals surface area contributed by atoms with Gasteiger partial charge in [-0.15, -0.1) is 44.3 Å². The van der Waals surface area contributed by atoms with Crippen molar-refractivity contribution in [3.8, 4) is 0 Å². The molecule has 0 saturated carbocycles. The van der Waals surface area contributed by atoms with Crippen molar-refractivity contribution in [2.24, 2.45) is 0 Å². The van der Waals surface area contributed by atoms with Crippen molar-refractivity contribution < 1.29 is 0 Å². The zero-order valence-electron chi connectivity index (χ0n) is 9.91. The molecule has 0 radical (unpaired) electrons. The standard InChI is InChI=1S/C10H20Cl4Si2/c1-3-7-15(11,12)9-5-6-10-16(13,14)8-4-2/h5,9H,3-4,6-8,10H2,1-2H3/b9-5+. The van der Waals surface area contributed by atoms with E-state index < -0.39 is 13.4 Å². The average molecular weight is 338 g/mol. The van der Waals surface area contributed by atoms with Crippen LogP contribution in [0.4, 0.5) is 0 Å². The Balaban J connectivity index is 3.93. The van der Waals surface area contributed by atoms with Gasteiger partial charge in [0.2, 0.25) is 0 Å². The molecular formula is C10H20Cl4Si2. The van der Waals surface area contributed by atoms with Crippen LogP contribution in [0.15, 0.2) is 11.8 Å². The Labute approximate surface area is 120 Å². The van der Waals surface area contributed by atoms with Gasteiger partial charge in [0.15, 0.2) is 0 Å². The van der Waals surface area contributed by atoms with Crippen LogP contribution in [0.5, 0.6) is 0 Å². The molecule has 0 amide bonds. The molecule has 0 N–H and O–H groups in total. The van der Waals surface area contributed by atoms with Crippen molar-refractivity contribution in [2.75, 3.05) is 0 Å². The molecule has 0 bridgehead atoms. The summed E-state index contributed by atoms with van der Waals surface area (Å²) < 4.78 is 0. The Bertz CT molecular complexity index is 217. The topological polar surface area (TPSA) is 0 Å². The molecule has 0 unspecified atom stereocenters. The third kappa shape index (κ3) is 9.37. The number of allylic oxidation sites excluding steroid dienone is 1. The first-order valence-corrected chi connectivity index (χ1v) is 14.5. The van der Waals surface area contributed by atoms with Crippen LogP contribution < -0.4 is 0 Å². The van der Waals surface area contributed by atoms with Gasteiger partial charge in [0.1, 0.15) is 0 Å². The molecule has 0 aromatic heterocycles. The van der Waals surface area contributed by atoms with Crippen LogP contribution in [0.1, 0.15) is 33.1 Å². The third-order valence-corrected chi connectivity index (χ3v) is 10.5. The molecule has 96 valence electrons. The van der Waals surface area contributed by atoms with Gasteiger partial charge in [0.25, 0.3) is 13.4 Å². The van der Waals surface area contributed by atoms with Crippen LogP contribution in [0.25, 0.3) is 0 Å².